The predicted octanol–water partition coefficient (Wildman–Crippen LogP) is 2.67. The molecule has 1 heterocycles. The average molecular weight is 631 g/mol. The molecule has 1 aliphatic rings. The summed E-state index contributed by atoms with van der Waals surface area (Å²) in [6.07, 6.45) is 0.945. The topological polar surface area (TPSA) is 184 Å². The molecule has 13 heteroatoms. The number of aliphatic imine (C=N–C) groups is 1. The Morgan fingerprint density at radius 3 is 2.40 bits per heavy atom. The van der Waals surface area contributed by atoms with Gasteiger partial charge in [-0.3, -0.25) is 14.6 Å². The molecule has 0 saturated carbocycles. The Bertz CT molecular complexity index is 1250. The second kappa shape index (κ2) is 19.1. The van der Waals surface area contributed by atoms with E-state index in [9.17, 15) is 34.8 Å². The van der Waals surface area contributed by atoms with Crippen LogP contribution in [0.4, 0.5) is 4.79 Å². The van der Waals surface area contributed by atoms with Gasteiger partial charge >= 0.3 is 5.97 Å². The van der Waals surface area contributed by atoms with Crippen molar-refractivity contribution in [3.63, 3.8) is 0 Å². The van der Waals surface area contributed by atoms with Crippen molar-refractivity contribution in [1.82, 2.24) is 5.32 Å². The van der Waals surface area contributed by atoms with Gasteiger partial charge in [-0.2, -0.15) is 0 Å². The number of aliphatic hydroxyl groups excluding tert-OH is 3. The third kappa shape index (κ3) is 12.8. The molecule has 1 fully saturated rings. The lowest BCUT2D eigenvalue weighted by atomic mass is 9.99. The highest BCUT2D eigenvalue weighted by Crippen LogP contribution is 2.28. The van der Waals surface area contributed by atoms with Gasteiger partial charge in [-0.1, -0.05) is 36.3 Å². The first-order valence-corrected chi connectivity index (χ1v) is 15.3. The molecule has 0 aliphatic carbocycles. The number of allylic oxidation sites excluding steroid dienone is 4. The SMILES string of the molecule is BC(=O)OCc1ccc(O[C@@H]2O[C@H](C(=O)O)[C@@H](O)[C@H](O)[C@H]2O)c(C(=O)NCCC/N=C(\C)CC/C(C)=C/CC/C(C)=C/CC)c1. The number of hydrogen-bond donors (Lipinski definition) is 5. The van der Waals surface area contributed by atoms with Crippen molar-refractivity contribution in [2.75, 3.05) is 13.1 Å². The molecular formula is C32H47BN2O10. The van der Waals surface area contributed by atoms with Gasteiger partial charge in [0.05, 0.1) is 5.56 Å². The van der Waals surface area contributed by atoms with E-state index in [2.05, 4.69) is 43.2 Å². The summed E-state index contributed by atoms with van der Waals surface area (Å²) >= 11 is 0. The highest BCUT2D eigenvalue weighted by molar-refractivity contribution is 6.55. The quantitative estimate of drug-likeness (QED) is 0.0742. The smallest absolute Gasteiger partial charge is 0.335 e. The Morgan fingerprint density at radius 1 is 1.02 bits per heavy atom. The Hall–Kier alpha value is -3.52. The first-order chi connectivity index (χ1) is 21.3. The number of carboxylic acid groups (broad SMARTS) is 1. The number of ether oxygens (including phenoxy) is 3. The number of nitrogens with one attached hydrogen (secondary N) is 1. The lowest BCUT2D eigenvalue weighted by molar-refractivity contribution is -0.271. The number of hydrogen-bond acceptors (Lipinski definition) is 10. The van der Waals surface area contributed by atoms with Gasteiger partial charge in [-0.25, -0.2) is 4.79 Å². The first kappa shape index (κ1) is 37.7. The molecular weight excluding hydrogens is 583 g/mol. The van der Waals surface area contributed by atoms with Crippen LogP contribution >= 0.6 is 0 Å². The van der Waals surface area contributed by atoms with Crippen molar-refractivity contribution in [1.29, 1.82) is 0 Å². The molecule has 0 spiro atoms. The number of carbonyl (C=O) groups excluding carboxylic acids is 2. The molecule has 12 nitrogen and oxygen atoms in total. The molecule has 1 amide bonds. The molecule has 248 valence electrons. The zero-order valence-corrected chi connectivity index (χ0v) is 26.8. The van der Waals surface area contributed by atoms with E-state index in [1.165, 1.54) is 37.2 Å². The minimum absolute atomic E-state index is 0.00487. The molecule has 0 bridgehead atoms. The molecule has 0 radical (unpaired) electrons. The highest BCUT2D eigenvalue weighted by Gasteiger charge is 2.48. The fourth-order valence-corrected chi connectivity index (χ4v) is 4.61. The third-order valence-electron chi connectivity index (χ3n) is 7.25. The first-order valence-electron chi connectivity index (χ1n) is 15.3. The maximum Gasteiger partial charge on any atom is 0.335 e. The van der Waals surface area contributed by atoms with Crippen molar-refractivity contribution in [3.8, 4) is 5.75 Å². The van der Waals surface area contributed by atoms with Crippen LogP contribution in [0.2, 0.25) is 0 Å². The number of amides is 1. The van der Waals surface area contributed by atoms with E-state index >= 15 is 0 Å². The predicted molar refractivity (Wildman–Crippen MR) is 171 cm³/mol. The molecule has 5 atom stereocenters. The van der Waals surface area contributed by atoms with Crippen LogP contribution in [0.1, 0.15) is 82.1 Å². The van der Waals surface area contributed by atoms with Crippen molar-refractivity contribution in [2.45, 2.75) is 104 Å². The van der Waals surface area contributed by atoms with Crippen LogP contribution in [0.3, 0.4) is 0 Å². The van der Waals surface area contributed by atoms with E-state index in [1.54, 1.807) is 0 Å². The van der Waals surface area contributed by atoms with Gasteiger partial charge in [0.15, 0.2) is 6.10 Å². The summed E-state index contributed by atoms with van der Waals surface area (Å²) in [5.74, 6) is -2.69. The van der Waals surface area contributed by atoms with Gasteiger partial charge in [0, 0.05) is 18.8 Å². The van der Waals surface area contributed by atoms with Crippen molar-refractivity contribution in [3.05, 3.63) is 52.6 Å². The van der Waals surface area contributed by atoms with E-state index in [0.717, 1.165) is 37.8 Å². The van der Waals surface area contributed by atoms with Crippen molar-refractivity contribution in [2.24, 2.45) is 4.99 Å². The summed E-state index contributed by atoms with van der Waals surface area (Å²) in [6, 6.07) is 4.33. The summed E-state index contributed by atoms with van der Waals surface area (Å²) in [5, 5.41) is 42.5. The van der Waals surface area contributed by atoms with Crippen LogP contribution in [0.25, 0.3) is 0 Å². The van der Waals surface area contributed by atoms with E-state index in [4.69, 9.17) is 14.2 Å². The lowest BCUT2D eigenvalue weighted by Crippen LogP contribution is -2.61. The van der Waals surface area contributed by atoms with Gasteiger partial charge in [0.1, 0.15) is 30.7 Å². The number of nitrogens with zero attached hydrogens (tertiary/aromatic N) is 1. The summed E-state index contributed by atoms with van der Waals surface area (Å²) in [7, 11) is 1.25. The second-order valence-corrected chi connectivity index (χ2v) is 11.2. The van der Waals surface area contributed by atoms with Gasteiger partial charge in [-0.05, 0) is 77.0 Å². The van der Waals surface area contributed by atoms with Gasteiger partial charge < -0.3 is 40.0 Å². The maximum absolute atomic E-state index is 13.2. The number of carbonyl (C=O) groups is 3. The minimum atomic E-state index is -1.89. The number of benzene rings is 1. The molecule has 1 aliphatic heterocycles. The summed E-state index contributed by atoms with van der Waals surface area (Å²) in [5.41, 5.74) is 4.26. The summed E-state index contributed by atoms with van der Waals surface area (Å²) in [4.78, 5) is 40.5. The zero-order valence-electron chi connectivity index (χ0n) is 26.8. The second-order valence-electron chi connectivity index (χ2n) is 11.2. The van der Waals surface area contributed by atoms with E-state index in [1.807, 2.05) is 6.92 Å². The van der Waals surface area contributed by atoms with Gasteiger partial charge in [0.2, 0.25) is 20.0 Å². The maximum atomic E-state index is 13.2. The average Bonchev–Trinajstić information content (AvgIpc) is 2.99. The molecule has 1 aromatic rings. The van der Waals surface area contributed by atoms with Crippen LogP contribution in [0, 0.1) is 0 Å². The summed E-state index contributed by atoms with van der Waals surface area (Å²) < 4.78 is 15.9. The highest BCUT2D eigenvalue weighted by atomic mass is 16.7. The van der Waals surface area contributed by atoms with Crippen LogP contribution in [-0.2, 0) is 20.9 Å². The van der Waals surface area contributed by atoms with Crippen LogP contribution in [-0.4, -0.2) is 95.5 Å². The normalized spacial score (nSPS) is 22.6. The Kier molecular flexibility index (Phi) is 16.0. The molecule has 5 N–H and O–H groups in total. The molecule has 2 rings (SSSR count). The molecule has 1 saturated heterocycles. The van der Waals surface area contributed by atoms with Crippen LogP contribution < -0.4 is 10.1 Å². The van der Waals surface area contributed by atoms with Crippen LogP contribution in [0.15, 0.2) is 46.5 Å². The number of aliphatic hydroxyl groups is 3. The monoisotopic (exact) mass is 630 g/mol. The Morgan fingerprint density at radius 2 is 1.73 bits per heavy atom. The van der Waals surface area contributed by atoms with Crippen LogP contribution in [0.5, 0.6) is 5.75 Å². The van der Waals surface area contributed by atoms with E-state index < -0.39 is 48.5 Å². The third-order valence-corrected chi connectivity index (χ3v) is 7.25. The Labute approximate surface area is 265 Å². The molecule has 1 aromatic carbocycles. The largest absolute Gasteiger partial charge is 0.479 e. The minimum Gasteiger partial charge on any atom is -0.479 e. The van der Waals surface area contributed by atoms with E-state index in [0.29, 0.717) is 25.1 Å². The van der Waals surface area contributed by atoms with Gasteiger partial charge in [0.25, 0.3) is 5.91 Å². The molecule has 0 aromatic heterocycles. The zero-order chi connectivity index (χ0) is 33.5. The number of carboxylic acids is 1. The molecule has 0 unspecified atom stereocenters. The lowest BCUT2D eigenvalue weighted by Gasteiger charge is -2.38. The fourth-order valence-electron chi connectivity index (χ4n) is 4.61. The number of rotatable bonds is 17. The van der Waals surface area contributed by atoms with Crippen molar-refractivity contribution < 1.29 is 49.0 Å². The standard InChI is InChI=1S/C32H47BN2O10/c1-5-8-19(2)9-6-10-20(3)11-12-21(4)34-15-7-16-35-29(39)23-17-22(18-43-32(33)42)13-14-24(23)44-31-27(38)25(36)26(37)28(45-31)30(40)41/h8,10,13-14,17,25-28,31,36-38H,5-7,9,11-12,15-16,18,33H2,1-4H3,(H,35,39)(H,40,41)/b19-8+,20-10+,34-21+/t25-,26-,27+,28-,31+/m0/s1. The van der Waals surface area contributed by atoms with E-state index in [-0.39, 0.29) is 17.9 Å². The fraction of sp³-hybridized carbons (Fsp3) is 0.562. The summed E-state index contributed by atoms with van der Waals surface area (Å²) in [6.45, 7) is 9.13. The molecule has 45 heavy (non-hydrogen) atoms. The van der Waals surface area contributed by atoms with Crippen molar-refractivity contribution >= 4 is 31.3 Å². The Balaban J connectivity index is 1.99. The van der Waals surface area contributed by atoms with Gasteiger partial charge in [-0.15, -0.1) is 0 Å². The number of aliphatic carboxylic acids is 1.